The molecule has 1 heterocycles. The SMILES string of the molecule is Cc1ccc(OCc2cccc(C(=O)Nc3c(C)nn(Cc4ccccc4)c3C)c2)c([N+](=O)[O-])c1. The molecule has 4 rings (SSSR count). The summed E-state index contributed by atoms with van der Waals surface area (Å²) >= 11 is 0. The fourth-order valence-electron chi connectivity index (χ4n) is 3.83. The third kappa shape index (κ3) is 5.55. The topological polar surface area (TPSA) is 99.3 Å². The molecule has 0 spiro atoms. The van der Waals surface area contributed by atoms with Crippen LogP contribution in [0.5, 0.6) is 5.75 Å². The van der Waals surface area contributed by atoms with Crippen LogP contribution in [0.4, 0.5) is 11.4 Å². The van der Waals surface area contributed by atoms with Crippen LogP contribution in [0.15, 0.2) is 72.8 Å². The van der Waals surface area contributed by atoms with Crippen LogP contribution in [0.3, 0.4) is 0 Å². The van der Waals surface area contributed by atoms with Gasteiger partial charge in [0.2, 0.25) is 0 Å². The number of anilines is 1. The van der Waals surface area contributed by atoms with Gasteiger partial charge in [0, 0.05) is 11.6 Å². The highest BCUT2D eigenvalue weighted by Gasteiger charge is 2.17. The van der Waals surface area contributed by atoms with Gasteiger partial charge >= 0.3 is 5.69 Å². The van der Waals surface area contributed by atoms with Crippen LogP contribution in [0.2, 0.25) is 0 Å². The van der Waals surface area contributed by atoms with E-state index in [2.05, 4.69) is 10.4 Å². The van der Waals surface area contributed by atoms with Gasteiger partial charge in [-0.25, -0.2) is 0 Å². The summed E-state index contributed by atoms with van der Waals surface area (Å²) in [5.41, 5.74) is 5.28. The highest BCUT2D eigenvalue weighted by atomic mass is 16.6. The fourth-order valence-corrected chi connectivity index (χ4v) is 3.83. The Morgan fingerprint density at radius 2 is 1.74 bits per heavy atom. The number of nitro groups is 1. The van der Waals surface area contributed by atoms with Gasteiger partial charge in [0.05, 0.1) is 28.5 Å². The molecule has 35 heavy (non-hydrogen) atoms. The number of amides is 1. The van der Waals surface area contributed by atoms with Crippen molar-refractivity contribution in [2.75, 3.05) is 5.32 Å². The average Bonchev–Trinajstić information content (AvgIpc) is 3.11. The highest BCUT2D eigenvalue weighted by Crippen LogP contribution is 2.28. The molecule has 3 aromatic carbocycles. The minimum atomic E-state index is -0.463. The number of aromatic nitrogens is 2. The Bertz CT molecular complexity index is 1380. The lowest BCUT2D eigenvalue weighted by Crippen LogP contribution is -2.14. The number of carbonyl (C=O) groups excluding carboxylic acids is 1. The average molecular weight is 471 g/mol. The molecule has 1 amide bonds. The van der Waals surface area contributed by atoms with Crippen LogP contribution in [0.25, 0.3) is 0 Å². The maximum Gasteiger partial charge on any atom is 0.311 e. The number of rotatable bonds is 8. The number of benzene rings is 3. The molecule has 1 aromatic heterocycles. The lowest BCUT2D eigenvalue weighted by Gasteiger charge is -2.10. The number of nitrogens with zero attached hydrogens (tertiary/aromatic N) is 3. The smallest absolute Gasteiger partial charge is 0.311 e. The first-order valence-corrected chi connectivity index (χ1v) is 11.2. The van der Waals surface area contributed by atoms with Crippen LogP contribution in [0.1, 0.15) is 38.4 Å². The Kier molecular flexibility index (Phi) is 6.91. The van der Waals surface area contributed by atoms with E-state index >= 15 is 0 Å². The van der Waals surface area contributed by atoms with E-state index in [1.165, 1.54) is 6.07 Å². The predicted molar refractivity (Wildman–Crippen MR) is 134 cm³/mol. The molecule has 8 heteroatoms. The molecule has 0 aliphatic heterocycles. The Hall–Kier alpha value is -4.46. The van der Waals surface area contributed by atoms with Crippen LogP contribution in [-0.4, -0.2) is 20.6 Å². The molecule has 1 N–H and O–H groups in total. The van der Waals surface area contributed by atoms with Gasteiger partial charge in [-0.15, -0.1) is 0 Å². The minimum absolute atomic E-state index is 0.0858. The van der Waals surface area contributed by atoms with Crippen LogP contribution in [0, 0.1) is 30.9 Å². The lowest BCUT2D eigenvalue weighted by atomic mass is 10.1. The zero-order valence-electron chi connectivity index (χ0n) is 19.8. The van der Waals surface area contributed by atoms with Crippen molar-refractivity contribution >= 4 is 17.3 Å². The summed E-state index contributed by atoms with van der Waals surface area (Å²) in [4.78, 5) is 23.9. The number of nitro benzene ring substituents is 1. The summed E-state index contributed by atoms with van der Waals surface area (Å²) in [5, 5.41) is 18.9. The monoisotopic (exact) mass is 470 g/mol. The summed E-state index contributed by atoms with van der Waals surface area (Å²) < 4.78 is 7.58. The quantitative estimate of drug-likeness (QED) is 0.267. The van der Waals surface area contributed by atoms with Gasteiger partial charge in [0.15, 0.2) is 5.75 Å². The molecule has 0 atom stereocenters. The maximum atomic E-state index is 13.0. The normalized spacial score (nSPS) is 10.7. The Morgan fingerprint density at radius 1 is 1.00 bits per heavy atom. The van der Waals surface area contributed by atoms with E-state index in [1.54, 1.807) is 37.3 Å². The molecular formula is C27H26N4O4. The summed E-state index contributed by atoms with van der Waals surface area (Å²) in [7, 11) is 0. The number of hydrogen-bond acceptors (Lipinski definition) is 5. The van der Waals surface area contributed by atoms with Gasteiger partial charge in [-0.1, -0.05) is 48.5 Å². The lowest BCUT2D eigenvalue weighted by molar-refractivity contribution is -0.386. The molecule has 0 unspecified atom stereocenters. The molecule has 0 aliphatic carbocycles. The van der Waals surface area contributed by atoms with Gasteiger partial charge in [-0.05, 0) is 55.7 Å². The van der Waals surface area contributed by atoms with Crippen molar-refractivity contribution in [1.29, 1.82) is 0 Å². The van der Waals surface area contributed by atoms with E-state index in [-0.39, 0.29) is 24.0 Å². The second-order valence-electron chi connectivity index (χ2n) is 8.36. The highest BCUT2D eigenvalue weighted by molar-refractivity contribution is 6.05. The maximum absolute atomic E-state index is 13.0. The summed E-state index contributed by atoms with van der Waals surface area (Å²) in [6, 6.07) is 21.8. The number of aryl methyl sites for hydroxylation is 2. The van der Waals surface area contributed by atoms with Crippen molar-refractivity contribution in [2.45, 2.75) is 33.9 Å². The Morgan fingerprint density at radius 3 is 2.49 bits per heavy atom. The van der Waals surface area contributed by atoms with Gasteiger partial charge in [-0.2, -0.15) is 5.10 Å². The van der Waals surface area contributed by atoms with E-state index in [0.29, 0.717) is 17.8 Å². The van der Waals surface area contributed by atoms with Crippen molar-refractivity contribution in [3.05, 3.63) is 117 Å². The molecule has 0 bridgehead atoms. The summed E-state index contributed by atoms with van der Waals surface area (Å²) in [6.45, 7) is 6.28. The molecule has 0 saturated carbocycles. The third-order valence-electron chi connectivity index (χ3n) is 5.69. The molecule has 8 nitrogen and oxygen atoms in total. The number of carbonyl (C=O) groups is 1. The fraction of sp³-hybridized carbons (Fsp3) is 0.185. The molecular weight excluding hydrogens is 444 g/mol. The van der Waals surface area contributed by atoms with Gasteiger partial charge in [0.1, 0.15) is 6.61 Å². The van der Waals surface area contributed by atoms with Gasteiger partial charge in [-0.3, -0.25) is 19.6 Å². The van der Waals surface area contributed by atoms with E-state index in [4.69, 9.17) is 4.74 Å². The molecule has 0 radical (unpaired) electrons. The Labute approximate surface area is 203 Å². The standard InChI is InChI=1S/C27H26N4O4/c1-18-12-13-25(24(14-18)31(33)34)35-17-22-10-7-11-23(15-22)27(32)28-26-19(2)29-30(20(26)3)16-21-8-5-4-6-9-21/h4-15H,16-17H2,1-3H3,(H,28,32). The van der Waals surface area contributed by atoms with Gasteiger partial charge in [0.25, 0.3) is 5.91 Å². The van der Waals surface area contributed by atoms with Crippen molar-refractivity contribution in [3.63, 3.8) is 0 Å². The third-order valence-corrected chi connectivity index (χ3v) is 5.69. The van der Waals surface area contributed by atoms with E-state index in [9.17, 15) is 14.9 Å². The molecule has 0 aliphatic rings. The second-order valence-corrected chi connectivity index (χ2v) is 8.36. The molecule has 0 fully saturated rings. The Balaban J connectivity index is 1.47. The van der Waals surface area contributed by atoms with E-state index < -0.39 is 4.92 Å². The summed E-state index contributed by atoms with van der Waals surface area (Å²) in [5.74, 6) is -0.0776. The molecule has 0 saturated heterocycles. The number of hydrogen-bond donors (Lipinski definition) is 1. The van der Waals surface area contributed by atoms with Crippen molar-refractivity contribution in [2.24, 2.45) is 0 Å². The first kappa shape index (κ1) is 23.7. The zero-order valence-corrected chi connectivity index (χ0v) is 19.8. The van der Waals surface area contributed by atoms with E-state index in [0.717, 1.165) is 28.1 Å². The van der Waals surface area contributed by atoms with E-state index in [1.807, 2.05) is 54.9 Å². The zero-order chi connectivity index (χ0) is 24.9. The van der Waals surface area contributed by atoms with Crippen LogP contribution in [-0.2, 0) is 13.2 Å². The molecule has 4 aromatic rings. The first-order valence-electron chi connectivity index (χ1n) is 11.2. The first-order chi connectivity index (χ1) is 16.8. The molecule has 178 valence electrons. The predicted octanol–water partition coefficient (Wildman–Crippen LogP) is 5.60. The number of ether oxygens (including phenoxy) is 1. The minimum Gasteiger partial charge on any atom is -0.482 e. The van der Waals surface area contributed by atoms with Crippen LogP contribution < -0.4 is 10.1 Å². The largest absolute Gasteiger partial charge is 0.482 e. The van der Waals surface area contributed by atoms with Crippen LogP contribution >= 0.6 is 0 Å². The van der Waals surface area contributed by atoms with Crippen molar-refractivity contribution in [1.82, 2.24) is 9.78 Å². The van der Waals surface area contributed by atoms with Crippen molar-refractivity contribution in [3.8, 4) is 5.75 Å². The number of nitrogens with one attached hydrogen (secondary N) is 1. The summed E-state index contributed by atoms with van der Waals surface area (Å²) in [6.07, 6.45) is 0. The second kappa shape index (κ2) is 10.2. The van der Waals surface area contributed by atoms with Gasteiger partial charge < -0.3 is 10.1 Å². The van der Waals surface area contributed by atoms with Crippen molar-refractivity contribution < 1.29 is 14.5 Å².